The number of carbonyl (C=O) groups excluding carboxylic acids is 1. The Morgan fingerprint density at radius 2 is 1.96 bits per heavy atom. The third-order valence-electron chi connectivity index (χ3n) is 3.50. The molecule has 0 radical (unpaired) electrons. The molecular formula is C17H16FN3O4S. The molecule has 1 heterocycles. The number of nitrogens with one attached hydrogen (secondary N) is 3. The molecular weight excluding hydrogens is 361 g/mol. The van der Waals surface area contributed by atoms with Gasteiger partial charge in [0.1, 0.15) is 19.0 Å². The number of rotatable bonds is 3. The molecule has 9 heteroatoms. The van der Waals surface area contributed by atoms with E-state index in [-0.39, 0.29) is 16.4 Å². The first kappa shape index (κ1) is 17.7. The van der Waals surface area contributed by atoms with Gasteiger partial charge in [0.05, 0.1) is 12.8 Å². The van der Waals surface area contributed by atoms with Gasteiger partial charge in [-0.2, -0.15) is 0 Å². The maximum atomic E-state index is 13.6. The van der Waals surface area contributed by atoms with Gasteiger partial charge in [0.15, 0.2) is 16.6 Å². The smallest absolute Gasteiger partial charge is 0.269 e. The van der Waals surface area contributed by atoms with Gasteiger partial charge in [0.25, 0.3) is 5.91 Å². The summed E-state index contributed by atoms with van der Waals surface area (Å²) in [6.45, 7) is 0.794. The van der Waals surface area contributed by atoms with Gasteiger partial charge in [-0.3, -0.25) is 15.6 Å². The van der Waals surface area contributed by atoms with E-state index in [1.54, 1.807) is 18.2 Å². The highest BCUT2D eigenvalue weighted by molar-refractivity contribution is 7.80. The van der Waals surface area contributed by atoms with Gasteiger partial charge in [0.2, 0.25) is 5.75 Å². The lowest BCUT2D eigenvalue weighted by Crippen LogP contribution is -2.43. The molecule has 26 heavy (non-hydrogen) atoms. The third kappa shape index (κ3) is 3.94. The van der Waals surface area contributed by atoms with E-state index >= 15 is 0 Å². The fraction of sp³-hybridized carbons (Fsp3) is 0.176. The molecule has 0 saturated heterocycles. The summed E-state index contributed by atoms with van der Waals surface area (Å²) in [6.07, 6.45) is 0. The number of amides is 1. The Morgan fingerprint density at radius 3 is 2.73 bits per heavy atom. The highest BCUT2D eigenvalue weighted by Crippen LogP contribution is 2.40. The minimum Gasteiger partial charge on any atom is -0.493 e. The summed E-state index contributed by atoms with van der Waals surface area (Å²) in [4.78, 5) is 12.3. The minimum absolute atomic E-state index is 0.0351. The predicted octanol–water partition coefficient (Wildman–Crippen LogP) is 2.24. The maximum Gasteiger partial charge on any atom is 0.269 e. The number of hydrogen-bond donors (Lipinski definition) is 3. The monoisotopic (exact) mass is 377 g/mol. The van der Waals surface area contributed by atoms with Crippen LogP contribution in [0.4, 0.5) is 10.1 Å². The Bertz CT molecular complexity index is 830. The number of benzene rings is 2. The van der Waals surface area contributed by atoms with Gasteiger partial charge < -0.3 is 19.5 Å². The zero-order valence-corrected chi connectivity index (χ0v) is 14.6. The van der Waals surface area contributed by atoms with Crippen LogP contribution in [-0.4, -0.2) is 31.3 Å². The first-order valence-corrected chi connectivity index (χ1v) is 8.09. The molecule has 1 aliphatic heterocycles. The van der Waals surface area contributed by atoms with E-state index in [2.05, 4.69) is 16.2 Å². The number of para-hydroxylation sites is 1. The zero-order valence-electron chi connectivity index (χ0n) is 13.8. The lowest BCUT2D eigenvalue weighted by molar-refractivity contribution is 0.0942. The first-order chi connectivity index (χ1) is 12.6. The van der Waals surface area contributed by atoms with Crippen molar-refractivity contribution in [1.82, 2.24) is 10.9 Å². The molecule has 2 aromatic carbocycles. The molecule has 1 amide bonds. The van der Waals surface area contributed by atoms with E-state index in [4.69, 9.17) is 26.4 Å². The number of hydrogen-bond acceptors (Lipinski definition) is 5. The van der Waals surface area contributed by atoms with E-state index in [9.17, 15) is 9.18 Å². The van der Waals surface area contributed by atoms with E-state index in [1.807, 2.05) is 0 Å². The van der Waals surface area contributed by atoms with Crippen molar-refractivity contribution >= 4 is 28.9 Å². The average Bonchev–Trinajstić information content (AvgIpc) is 2.67. The van der Waals surface area contributed by atoms with Crippen LogP contribution in [0.15, 0.2) is 36.4 Å². The van der Waals surface area contributed by atoms with Crippen molar-refractivity contribution in [2.75, 3.05) is 25.6 Å². The Labute approximate surface area is 154 Å². The quantitative estimate of drug-likeness (QED) is 0.559. The number of anilines is 1. The highest BCUT2D eigenvalue weighted by atomic mass is 32.1. The van der Waals surface area contributed by atoms with Crippen molar-refractivity contribution in [3.8, 4) is 17.2 Å². The van der Waals surface area contributed by atoms with Gasteiger partial charge in [-0.1, -0.05) is 12.1 Å². The molecule has 7 nitrogen and oxygen atoms in total. The number of fused-ring (bicyclic) bond motifs is 1. The van der Waals surface area contributed by atoms with E-state index in [0.29, 0.717) is 30.5 Å². The first-order valence-electron chi connectivity index (χ1n) is 7.68. The lowest BCUT2D eigenvalue weighted by Gasteiger charge is -2.21. The summed E-state index contributed by atoms with van der Waals surface area (Å²) in [7, 11) is 1.47. The molecule has 0 atom stereocenters. The van der Waals surface area contributed by atoms with E-state index in [1.165, 1.54) is 25.3 Å². The molecule has 0 aromatic heterocycles. The summed E-state index contributed by atoms with van der Waals surface area (Å²) in [5, 5.41) is 2.69. The van der Waals surface area contributed by atoms with Crippen LogP contribution in [0.5, 0.6) is 17.2 Å². The summed E-state index contributed by atoms with van der Waals surface area (Å²) in [6, 6.07) is 9.11. The molecule has 1 aliphatic rings. The van der Waals surface area contributed by atoms with Crippen LogP contribution in [0.1, 0.15) is 10.4 Å². The normalized spacial score (nSPS) is 12.1. The van der Waals surface area contributed by atoms with Crippen LogP contribution in [0, 0.1) is 5.82 Å². The summed E-state index contributed by atoms with van der Waals surface area (Å²) >= 11 is 5.04. The molecule has 3 N–H and O–H groups in total. The number of halogens is 1. The molecule has 3 rings (SSSR count). The molecule has 0 saturated carbocycles. The molecule has 0 fully saturated rings. The number of ether oxygens (including phenoxy) is 3. The Kier molecular flexibility index (Phi) is 5.37. The molecule has 0 aliphatic carbocycles. The van der Waals surface area contributed by atoms with Gasteiger partial charge in [-0.25, -0.2) is 4.39 Å². The van der Waals surface area contributed by atoms with E-state index < -0.39 is 11.7 Å². The molecule has 136 valence electrons. The largest absolute Gasteiger partial charge is 0.493 e. The Balaban J connectivity index is 1.65. The second kappa shape index (κ2) is 7.87. The van der Waals surface area contributed by atoms with Crippen LogP contribution in [0.25, 0.3) is 0 Å². The highest BCUT2D eigenvalue weighted by Gasteiger charge is 2.21. The SMILES string of the molecule is COc1cc(C(=O)NNC(=S)Nc2ccccc2F)cc2c1OCCO2. The van der Waals surface area contributed by atoms with Crippen molar-refractivity contribution < 1.29 is 23.4 Å². The van der Waals surface area contributed by atoms with Gasteiger partial charge in [-0.15, -0.1) is 0 Å². The molecule has 2 aromatic rings. The molecule has 0 unspecified atom stereocenters. The van der Waals surface area contributed by atoms with Crippen molar-refractivity contribution in [2.45, 2.75) is 0 Å². The van der Waals surface area contributed by atoms with Crippen LogP contribution >= 0.6 is 12.2 Å². The molecule has 0 bridgehead atoms. The van der Waals surface area contributed by atoms with Crippen molar-refractivity contribution in [1.29, 1.82) is 0 Å². The van der Waals surface area contributed by atoms with Crippen molar-refractivity contribution in [3.63, 3.8) is 0 Å². The van der Waals surface area contributed by atoms with Gasteiger partial charge in [0, 0.05) is 5.56 Å². The number of methoxy groups -OCH3 is 1. The van der Waals surface area contributed by atoms with Gasteiger partial charge >= 0.3 is 0 Å². The Hall–Kier alpha value is -3.07. The molecule has 0 spiro atoms. The minimum atomic E-state index is -0.474. The Morgan fingerprint density at radius 1 is 1.19 bits per heavy atom. The van der Waals surface area contributed by atoms with Crippen LogP contribution in [0.3, 0.4) is 0 Å². The summed E-state index contributed by atoms with van der Waals surface area (Å²) in [5.41, 5.74) is 5.42. The topological polar surface area (TPSA) is 80.9 Å². The van der Waals surface area contributed by atoms with Crippen LogP contribution in [0.2, 0.25) is 0 Å². The second-order valence-electron chi connectivity index (χ2n) is 5.22. The van der Waals surface area contributed by atoms with E-state index in [0.717, 1.165) is 0 Å². The van der Waals surface area contributed by atoms with Crippen LogP contribution < -0.4 is 30.4 Å². The van der Waals surface area contributed by atoms with Crippen LogP contribution in [-0.2, 0) is 0 Å². The average molecular weight is 377 g/mol. The standard InChI is InChI=1S/C17H16FN3O4S/c1-23-13-8-10(9-14-15(13)25-7-6-24-14)16(22)20-21-17(26)19-12-5-3-2-4-11(12)18/h2-5,8-9H,6-7H2,1H3,(H,20,22)(H2,19,21,26). The van der Waals surface area contributed by atoms with Crippen molar-refractivity contribution in [3.05, 3.63) is 47.8 Å². The number of hydrazine groups is 1. The number of thiocarbonyl (C=S) groups is 1. The fourth-order valence-electron chi connectivity index (χ4n) is 2.31. The van der Waals surface area contributed by atoms with Crippen molar-refractivity contribution in [2.24, 2.45) is 0 Å². The zero-order chi connectivity index (χ0) is 18.5. The maximum absolute atomic E-state index is 13.6. The predicted molar refractivity (Wildman–Crippen MR) is 97.2 cm³/mol. The third-order valence-corrected chi connectivity index (χ3v) is 3.71. The second-order valence-corrected chi connectivity index (χ2v) is 5.62. The number of carbonyl (C=O) groups is 1. The fourth-order valence-corrected chi connectivity index (χ4v) is 2.47. The lowest BCUT2D eigenvalue weighted by atomic mass is 10.1. The van der Waals surface area contributed by atoms with Gasteiger partial charge in [-0.05, 0) is 36.5 Å². The summed E-state index contributed by atoms with van der Waals surface area (Å²) < 4.78 is 29.8. The summed E-state index contributed by atoms with van der Waals surface area (Å²) in [5.74, 6) is 0.338.